The van der Waals surface area contributed by atoms with Gasteiger partial charge in [-0.3, -0.25) is 18.2 Å². The number of fused-ring (bicyclic) bond motifs is 2. The normalized spacial score (nSPS) is 12.9. The van der Waals surface area contributed by atoms with Crippen molar-refractivity contribution in [2.75, 3.05) is 22.9 Å². The highest BCUT2D eigenvalue weighted by molar-refractivity contribution is 7.86. The molecule has 0 radical (unpaired) electrons. The van der Waals surface area contributed by atoms with Crippen molar-refractivity contribution in [1.29, 1.82) is 0 Å². The van der Waals surface area contributed by atoms with Crippen LogP contribution in [-0.2, 0) is 40.5 Å². The predicted octanol–water partition coefficient (Wildman–Crippen LogP) is 2.79. The number of hydrogen-bond acceptors (Lipinski definition) is 17. The van der Waals surface area contributed by atoms with E-state index in [1.54, 1.807) is 6.07 Å². The zero-order chi connectivity index (χ0) is 36.8. The molecule has 0 aliphatic heterocycles. The second-order valence-electron chi connectivity index (χ2n) is 10.0. The van der Waals surface area contributed by atoms with Crippen LogP contribution in [0.5, 0.6) is 11.8 Å². The lowest BCUT2D eigenvalue weighted by Gasteiger charge is -2.15. The van der Waals surface area contributed by atoms with Crippen molar-refractivity contribution in [3.63, 3.8) is 0 Å². The Kier molecular flexibility index (Phi) is 9.36. The lowest BCUT2D eigenvalue weighted by Crippen LogP contribution is -2.16. The van der Waals surface area contributed by atoms with Crippen LogP contribution in [0.25, 0.3) is 21.5 Å². The monoisotopic (exact) mass is 771 g/mol. The summed E-state index contributed by atoms with van der Waals surface area (Å²) in [5, 5.41) is 33.0. The number of nitrogens with zero attached hydrogens (tertiary/aromatic N) is 5. The number of aromatic nitrogens is 3. The molecule has 21 nitrogen and oxygen atoms in total. The first-order valence-electron chi connectivity index (χ1n) is 13.2. The molecule has 0 spiro atoms. The van der Waals surface area contributed by atoms with Gasteiger partial charge in [0.1, 0.15) is 21.2 Å². The van der Waals surface area contributed by atoms with E-state index in [9.17, 15) is 57.5 Å². The Morgan fingerprint density at radius 3 is 2.02 bits per heavy atom. The Morgan fingerprint density at radius 1 is 0.700 bits per heavy atom. The van der Waals surface area contributed by atoms with Gasteiger partial charge in [-0.25, -0.2) is 0 Å². The predicted molar refractivity (Wildman–Crippen MR) is 173 cm³/mol. The number of phenols is 1. The summed E-state index contributed by atoms with van der Waals surface area (Å²) < 4.78 is 135. The van der Waals surface area contributed by atoms with Crippen molar-refractivity contribution >= 4 is 91.0 Å². The number of nitrogens with one attached hydrogen (secondary N) is 2. The fourth-order valence-corrected chi connectivity index (χ4v) is 7.00. The molecule has 0 amide bonds. The summed E-state index contributed by atoms with van der Waals surface area (Å²) in [6.45, 7) is -0.451. The van der Waals surface area contributed by atoms with E-state index in [1.807, 2.05) is 0 Å². The van der Waals surface area contributed by atoms with Gasteiger partial charge in [0.25, 0.3) is 40.5 Å². The number of phenolic OH excluding ortho intramolecular Hbond substituents is 1. The highest BCUT2D eigenvalue weighted by atomic mass is 32.2. The van der Waals surface area contributed by atoms with Crippen LogP contribution < -0.4 is 10.6 Å². The van der Waals surface area contributed by atoms with E-state index in [2.05, 4.69) is 35.8 Å². The molecule has 0 saturated heterocycles. The van der Waals surface area contributed by atoms with E-state index in [-0.39, 0.29) is 5.39 Å². The van der Waals surface area contributed by atoms with Gasteiger partial charge in [-0.2, -0.15) is 48.6 Å². The van der Waals surface area contributed by atoms with E-state index < -0.39 is 119 Å². The average Bonchev–Trinajstić information content (AvgIpc) is 2.97. The Hall–Kier alpha value is -5.15. The van der Waals surface area contributed by atoms with Crippen molar-refractivity contribution in [3.8, 4) is 11.8 Å². The summed E-state index contributed by atoms with van der Waals surface area (Å²) in [5.41, 5.74) is -2.05. The maximum atomic E-state index is 12.5. The molecule has 0 aliphatic carbocycles. The highest BCUT2D eigenvalue weighted by Gasteiger charge is 2.27. The van der Waals surface area contributed by atoms with Gasteiger partial charge in [0, 0.05) is 17.3 Å². The molecule has 4 aromatic carbocycles. The van der Waals surface area contributed by atoms with E-state index in [0.717, 1.165) is 12.1 Å². The minimum atomic E-state index is -5.32. The number of hydrogen-bond donors (Lipinski definition) is 8. The van der Waals surface area contributed by atoms with E-state index in [4.69, 9.17) is 4.55 Å². The van der Waals surface area contributed by atoms with Gasteiger partial charge < -0.3 is 20.8 Å². The second-order valence-corrected chi connectivity index (χ2v) is 15.8. The molecule has 5 aromatic rings. The number of rotatable bonds is 11. The quantitative estimate of drug-likeness (QED) is 0.0706. The molecule has 0 atom stereocenters. The highest BCUT2D eigenvalue weighted by Crippen LogP contribution is 2.46. The first kappa shape index (κ1) is 36.1. The minimum Gasteiger partial charge on any atom is -0.505 e. The van der Waals surface area contributed by atoms with Crippen LogP contribution in [0.3, 0.4) is 0 Å². The van der Waals surface area contributed by atoms with E-state index in [1.165, 1.54) is 24.3 Å². The molecule has 25 heteroatoms. The Bertz CT molecular complexity index is 2690. The zero-order valence-electron chi connectivity index (χ0n) is 24.4. The fraction of sp³-hybridized carbons (Fsp3) is 0.0800. The van der Waals surface area contributed by atoms with Crippen LogP contribution in [0.15, 0.2) is 79.5 Å². The standard InChI is InChI=1S/C25H21N7O14S4/c33-21-19-13(9-14(48(38,39)40)11-17(19)27-24-28-23(29-25(34)30-24)26-7-8-47(35,36)37)10-18(49(41,42)43)20(21)32-31-16-6-5-12-3-1-2-4-15(12)22(16)50(44,45)46/h1-6,9-11,33H,7-8H2,(H,35,36,37)(H,38,39,40)(H,41,42,43)(H,44,45,46)(H3,26,27,28,29,30,34)/b32-31+. The van der Waals surface area contributed by atoms with Crippen molar-refractivity contribution in [2.24, 2.45) is 10.2 Å². The lowest BCUT2D eigenvalue weighted by atomic mass is 10.1. The van der Waals surface area contributed by atoms with Crippen LogP contribution in [0.1, 0.15) is 0 Å². The molecule has 0 saturated carbocycles. The lowest BCUT2D eigenvalue weighted by molar-refractivity contribution is 0.430. The molecular formula is C25H21N7O14S4. The van der Waals surface area contributed by atoms with Crippen LogP contribution in [0.2, 0.25) is 0 Å². The van der Waals surface area contributed by atoms with Crippen molar-refractivity contribution in [2.45, 2.75) is 14.7 Å². The van der Waals surface area contributed by atoms with Crippen LogP contribution in [-0.4, -0.2) is 89.3 Å². The molecule has 1 heterocycles. The van der Waals surface area contributed by atoms with Gasteiger partial charge in [0.05, 0.1) is 16.3 Å². The number of anilines is 3. The summed E-state index contributed by atoms with van der Waals surface area (Å²) in [6.07, 6.45) is 0. The summed E-state index contributed by atoms with van der Waals surface area (Å²) in [7, 11) is -19.8. The fourth-order valence-electron chi connectivity index (χ4n) is 4.60. The Labute approximate surface area is 281 Å². The molecule has 5 rings (SSSR count). The molecular weight excluding hydrogens is 751 g/mol. The maximum absolute atomic E-state index is 12.5. The van der Waals surface area contributed by atoms with Gasteiger partial charge in [-0.1, -0.05) is 30.3 Å². The number of azo groups is 1. The van der Waals surface area contributed by atoms with Crippen LogP contribution >= 0.6 is 0 Å². The van der Waals surface area contributed by atoms with E-state index >= 15 is 0 Å². The second kappa shape index (κ2) is 12.9. The SMILES string of the molecule is O=S(=O)(O)CCNc1nc(O)nc(Nc2cc(S(=O)(=O)O)cc3cc(S(=O)(=O)O)c(/N=N/c4ccc5ccccc5c4S(=O)(=O)O)c(O)c23)n1. The average molecular weight is 772 g/mol. The van der Waals surface area contributed by atoms with Gasteiger partial charge in [0.15, 0.2) is 5.75 Å². The van der Waals surface area contributed by atoms with E-state index in [0.29, 0.717) is 17.5 Å². The van der Waals surface area contributed by atoms with Gasteiger partial charge in [-0.05, 0) is 35.0 Å². The summed E-state index contributed by atoms with van der Waals surface area (Å²) in [5.74, 6) is -2.98. The molecule has 1 aromatic heterocycles. The van der Waals surface area contributed by atoms with Crippen molar-refractivity contribution in [3.05, 3.63) is 54.6 Å². The smallest absolute Gasteiger partial charge is 0.320 e. The number of benzene rings is 4. The zero-order valence-corrected chi connectivity index (χ0v) is 27.7. The first-order chi connectivity index (χ1) is 23.1. The Morgan fingerprint density at radius 2 is 1.38 bits per heavy atom. The third-order valence-electron chi connectivity index (χ3n) is 6.59. The van der Waals surface area contributed by atoms with Gasteiger partial charge >= 0.3 is 6.01 Å². The van der Waals surface area contributed by atoms with Gasteiger partial charge in [0.2, 0.25) is 11.9 Å². The third-order valence-corrected chi connectivity index (χ3v) is 9.95. The van der Waals surface area contributed by atoms with Crippen molar-refractivity contribution < 1.29 is 62.1 Å². The third kappa shape index (κ3) is 8.00. The van der Waals surface area contributed by atoms with Crippen molar-refractivity contribution in [1.82, 2.24) is 15.0 Å². The Balaban J connectivity index is 1.73. The molecule has 8 N–H and O–H groups in total. The summed E-state index contributed by atoms with van der Waals surface area (Å²) in [6, 6.07) is 9.52. The summed E-state index contributed by atoms with van der Waals surface area (Å²) in [4.78, 5) is 8.18. The molecule has 0 aliphatic rings. The van der Waals surface area contributed by atoms with Crippen LogP contribution in [0.4, 0.5) is 29.0 Å². The molecule has 0 bridgehead atoms. The minimum absolute atomic E-state index is 0.000799. The summed E-state index contributed by atoms with van der Waals surface area (Å²) >= 11 is 0. The first-order valence-corrected chi connectivity index (χ1v) is 19.2. The molecule has 0 fully saturated rings. The molecule has 0 unspecified atom stereocenters. The number of aromatic hydroxyl groups is 2. The maximum Gasteiger partial charge on any atom is 0.320 e. The van der Waals surface area contributed by atoms with Crippen LogP contribution in [0, 0.1) is 0 Å². The molecule has 264 valence electrons. The topological polar surface area (TPSA) is 345 Å². The molecule has 50 heavy (non-hydrogen) atoms. The van der Waals surface area contributed by atoms with Gasteiger partial charge in [-0.15, -0.1) is 10.2 Å². The largest absolute Gasteiger partial charge is 0.505 e.